The van der Waals surface area contributed by atoms with E-state index in [1.807, 2.05) is 0 Å². The van der Waals surface area contributed by atoms with Gasteiger partial charge in [-0.25, -0.2) is 0 Å². The van der Waals surface area contributed by atoms with Gasteiger partial charge in [0.1, 0.15) is 0 Å². The molecule has 0 atom stereocenters. The fraction of sp³-hybridized carbons (Fsp3) is 1.00. The Kier molecular flexibility index (Phi) is 6.57. The standard InChI is InChI=1S/C7H14O.C2H6O/c1-6-2-4-7(8)5-3-6;1-3-2/h6-8H,2-5H2,1H3;1-2H3. The maximum absolute atomic E-state index is 9.03. The Balaban J connectivity index is 0.000000292. The second kappa shape index (κ2) is 6.62. The maximum Gasteiger partial charge on any atom is 0.0540 e. The molecule has 0 aromatic carbocycles. The summed E-state index contributed by atoms with van der Waals surface area (Å²) in [5.41, 5.74) is 0. The summed E-state index contributed by atoms with van der Waals surface area (Å²) in [5.74, 6) is 0.860. The number of hydrogen-bond acceptors (Lipinski definition) is 2. The van der Waals surface area contributed by atoms with Crippen molar-refractivity contribution >= 4 is 0 Å². The van der Waals surface area contributed by atoms with Crippen LogP contribution in [0.4, 0.5) is 0 Å². The Morgan fingerprint density at radius 1 is 1.09 bits per heavy atom. The van der Waals surface area contributed by atoms with Gasteiger partial charge in [0.05, 0.1) is 6.10 Å². The number of aliphatic hydroxyl groups excluding tert-OH is 1. The summed E-state index contributed by atoms with van der Waals surface area (Å²) < 4.78 is 4.25. The van der Waals surface area contributed by atoms with Crippen LogP contribution in [-0.4, -0.2) is 25.4 Å². The largest absolute Gasteiger partial charge is 0.393 e. The molecular formula is C9H20O2. The Labute approximate surface area is 69.6 Å². The molecule has 0 aliphatic heterocycles. The van der Waals surface area contributed by atoms with Crippen molar-refractivity contribution in [2.24, 2.45) is 5.92 Å². The molecule has 1 saturated carbocycles. The molecule has 0 unspecified atom stereocenters. The molecule has 68 valence electrons. The molecule has 1 fully saturated rings. The highest BCUT2D eigenvalue weighted by molar-refractivity contribution is 4.67. The summed E-state index contributed by atoms with van der Waals surface area (Å²) in [7, 11) is 3.25. The molecule has 2 heteroatoms. The first-order valence-corrected chi connectivity index (χ1v) is 4.29. The van der Waals surface area contributed by atoms with Crippen molar-refractivity contribution in [3.05, 3.63) is 0 Å². The van der Waals surface area contributed by atoms with Gasteiger partial charge < -0.3 is 9.84 Å². The Morgan fingerprint density at radius 2 is 1.45 bits per heavy atom. The van der Waals surface area contributed by atoms with Gasteiger partial charge in [0.15, 0.2) is 0 Å². The van der Waals surface area contributed by atoms with E-state index in [0.29, 0.717) is 0 Å². The monoisotopic (exact) mass is 160 g/mol. The minimum Gasteiger partial charge on any atom is -0.393 e. The van der Waals surface area contributed by atoms with Crippen LogP contribution >= 0.6 is 0 Å². The maximum atomic E-state index is 9.03. The van der Waals surface area contributed by atoms with Crippen molar-refractivity contribution in [2.75, 3.05) is 14.2 Å². The molecule has 0 saturated heterocycles. The molecule has 1 N–H and O–H groups in total. The first-order valence-electron chi connectivity index (χ1n) is 4.29. The zero-order chi connectivity index (χ0) is 8.69. The highest BCUT2D eigenvalue weighted by Crippen LogP contribution is 2.22. The fourth-order valence-corrected chi connectivity index (χ4v) is 1.24. The summed E-state index contributed by atoms with van der Waals surface area (Å²) in [5, 5.41) is 9.03. The lowest BCUT2D eigenvalue weighted by Gasteiger charge is -2.21. The van der Waals surface area contributed by atoms with Gasteiger partial charge in [-0.1, -0.05) is 6.92 Å². The second-order valence-corrected chi connectivity index (χ2v) is 3.32. The molecule has 0 spiro atoms. The predicted octanol–water partition coefficient (Wildman–Crippen LogP) is 1.82. The van der Waals surface area contributed by atoms with E-state index >= 15 is 0 Å². The van der Waals surface area contributed by atoms with Crippen LogP contribution in [0.5, 0.6) is 0 Å². The highest BCUT2D eigenvalue weighted by Gasteiger charge is 2.14. The third kappa shape index (κ3) is 6.32. The van der Waals surface area contributed by atoms with Crippen molar-refractivity contribution in [1.82, 2.24) is 0 Å². The average Bonchev–Trinajstić information content (AvgIpc) is 1.97. The number of rotatable bonds is 0. The molecule has 0 aromatic heterocycles. The molecular weight excluding hydrogens is 140 g/mol. The van der Waals surface area contributed by atoms with Crippen molar-refractivity contribution in [1.29, 1.82) is 0 Å². The highest BCUT2D eigenvalue weighted by atomic mass is 16.4. The van der Waals surface area contributed by atoms with Crippen molar-refractivity contribution in [3.63, 3.8) is 0 Å². The van der Waals surface area contributed by atoms with Gasteiger partial charge in [-0.3, -0.25) is 0 Å². The van der Waals surface area contributed by atoms with Gasteiger partial charge in [0.25, 0.3) is 0 Å². The van der Waals surface area contributed by atoms with Crippen LogP contribution in [0.15, 0.2) is 0 Å². The summed E-state index contributed by atoms with van der Waals surface area (Å²) in [4.78, 5) is 0. The predicted molar refractivity (Wildman–Crippen MR) is 46.6 cm³/mol. The van der Waals surface area contributed by atoms with Crippen molar-refractivity contribution in [3.8, 4) is 0 Å². The Hall–Kier alpha value is -0.0800. The summed E-state index contributed by atoms with van der Waals surface area (Å²) in [6.45, 7) is 2.26. The Bertz CT molecular complexity index is 65.6. The fourth-order valence-electron chi connectivity index (χ4n) is 1.24. The number of methoxy groups -OCH3 is 1. The smallest absolute Gasteiger partial charge is 0.0540 e. The molecule has 2 nitrogen and oxygen atoms in total. The van der Waals surface area contributed by atoms with Crippen LogP contribution in [0.2, 0.25) is 0 Å². The number of aliphatic hydroxyl groups is 1. The summed E-state index contributed by atoms with van der Waals surface area (Å²) in [6, 6.07) is 0. The lowest BCUT2D eigenvalue weighted by atomic mass is 9.89. The Morgan fingerprint density at radius 3 is 1.73 bits per heavy atom. The van der Waals surface area contributed by atoms with Crippen molar-refractivity contribution < 1.29 is 9.84 Å². The van der Waals surface area contributed by atoms with E-state index in [0.717, 1.165) is 18.8 Å². The first-order chi connectivity index (χ1) is 5.20. The third-order valence-electron chi connectivity index (χ3n) is 1.99. The SMILES string of the molecule is CC1CCC(O)CC1.COC. The molecule has 11 heavy (non-hydrogen) atoms. The summed E-state index contributed by atoms with van der Waals surface area (Å²) in [6.07, 6.45) is 4.52. The summed E-state index contributed by atoms with van der Waals surface area (Å²) >= 11 is 0. The average molecular weight is 160 g/mol. The lowest BCUT2D eigenvalue weighted by Crippen LogP contribution is -2.15. The normalized spacial score (nSPS) is 30.5. The molecule has 0 bridgehead atoms. The topological polar surface area (TPSA) is 29.5 Å². The van der Waals surface area contributed by atoms with Crippen LogP contribution in [-0.2, 0) is 4.74 Å². The minimum atomic E-state index is 0.0196. The number of hydrogen-bond donors (Lipinski definition) is 1. The van der Waals surface area contributed by atoms with Gasteiger partial charge in [0, 0.05) is 14.2 Å². The molecule has 0 heterocycles. The zero-order valence-corrected chi connectivity index (χ0v) is 7.84. The molecule has 1 aliphatic carbocycles. The quantitative estimate of drug-likeness (QED) is 0.585. The van der Waals surface area contributed by atoms with E-state index in [-0.39, 0.29) is 6.10 Å². The van der Waals surface area contributed by atoms with Gasteiger partial charge >= 0.3 is 0 Å². The first kappa shape index (κ1) is 10.9. The van der Waals surface area contributed by atoms with E-state index in [1.54, 1.807) is 14.2 Å². The van der Waals surface area contributed by atoms with Crippen LogP contribution in [0.25, 0.3) is 0 Å². The van der Waals surface area contributed by atoms with Gasteiger partial charge in [0.2, 0.25) is 0 Å². The molecule has 1 aliphatic rings. The van der Waals surface area contributed by atoms with Gasteiger partial charge in [-0.15, -0.1) is 0 Å². The van der Waals surface area contributed by atoms with E-state index in [2.05, 4.69) is 11.7 Å². The number of ether oxygens (including phenoxy) is 1. The van der Waals surface area contributed by atoms with E-state index in [1.165, 1.54) is 12.8 Å². The third-order valence-corrected chi connectivity index (χ3v) is 1.99. The lowest BCUT2D eigenvalue weighted by molar-refractivity contribution is 0.112. The minimum absolute atomic E-state index is 0.0196. The van der Waals surface area contributed by atoms with Crippen LogP contribution < -0.4 is 0 Å². The van der Waals surface area contributed by atoms with Gasteiger partial charge in [-0.05, 0) is 31.6 Å². The molecule has 1 rings (SSSR count). The van der Waals surface area contributed by atoms with E-state index in [4.69, 9.17) is 5.11 Å². The molecule has 0 radical (unpaired) electrons. The van der Waals surface area contributed by atoms with Crippen LogP contribution in [0, 0.1) is 5.92 Å². The van der Waals surface area contributed by atoms with Gasteiger partial charge in [-0.2, -0.15) is 0 Å². The second-order valence-electron chi connectivity index (χ2n) is 3.32. The molecule has 0 amide bonds. The van der Waals surface area contributed by atoms with Crippen LogP contribution in [0.1, 0.15) is 32.6 Å². The van der Waals surface area contributed by atoms with E-state index < -0.39 is 0 Å². The van der Waals surface area contributed by atoms with Crippen molar-refractivity contribution in [2.45, 2.75) is 38.7 Å². The zero-order valence-electron chi connectivity index (χ0n) is 7.84. The molecule has 0 aromatic rings. The van der Waals surface area contributed by atoms with Crippen LogP contribution in [0.3, 0.4) is 0 Å². The van der Waals surface area contributed by atoms with E-state index in [9.17, 15) is 0 Å².